The summed E-state index contributed by atoms with van der Waals surface area (Å²) in [7, 11) is 3.22. The lowest BCUT2D eigenvalue weighted by molar-refractivity contribution is 0.0922. The van der Waals surface area contributed by atoms with Crippen molar-refractivity contribution in [3.05, 3.63) is 76.7 Å². The first-order valence-corrected chi connectivity index (χ1v) is 11.8. The molecule has 2 aromatic carbocycles. The van der Waals surface area contributed by atoms with E-state index in [0.29, 0.717) is 30.2 Å². The molecule has 3 aromatic rings. The molecule has 1 aliphatic rings. The van der Waals surface area contributed by atoms with Crippen molar-refractivity contribution in [1.29, 1.82) is 0 Å². The number of hydrogen-bond donors (Lipinski definition) is 2. The van der Waals surface area contributed by atoms with Crippen LogP contribution >= 0.6 is 0 Å². The second kappa shape index (κ2) is 10.3. The molecule has 1 aromatic heterocycles. The largest absolute Gasteiger partial charge is 0.493 e. The van der Waals surface area contributed by atoms with Crippen LogP contribution in [-0.2, 0) is 12.8 Å². The molecule has 7 heteroatoms. The van der Waals surface area contributed by atoms with E-state index in [1.165, 1.54) is 0 Å². The van der Waals surface area contributed by atoms with E-state index < -0.39 is 0 Å². The van der Waals surface area contributed by atoms with Crippen molar-refractivity contribution in [3.8, 4) is 11.5 Å². The van der Waals surface area contributed by atoms with Crippen molar-refractivity contribution in [2.45, 2.75) is 40.0 Å². The maximum absolute atomic E-state index is 13.0. The summed E-state index contributed by atoms with van der Waals surface area (Å²) in [4.78, 5) is 13.0. The minimum absolute atomic E-state index is 0.0182. The van der Waals surface area contributed by atoms with Gasteiger partial charge in [0, 0.05) is 24.1 Å². The predicted molar refractivity (Wildman–Crippen MR) is 138 cm³/mol. The van der Waals surface area contributed by atoms with Crippen LogP contribution in [0.5, 0.6) is 11.5 Å². The highest BCUT2D eigenvalue weighted by Gasteiger charge is 2.36. The Morgan fingerprint density at radius 3 is 2.51 bits per heavy atom. The van der Waals surface area contributed by atoms with Crippen LogP contribution in [0.2, 0.25) is 0 Å². The first kappa shape index (κ1) is 24.4. The smallest absolute Gasteiger partial charge is 0.287 e. The number of benzene rings is 2. The third kappa shape index (κ3) is 5.50. The van der Waals surface area contributed by atoms with Crippen LogP contribution in [0.15, 0.2) is 58.0 Å². The Balaban J connectivity index is 1.49. The van der Waals surface area contributed by atoms with Crippen LogP contribution < -0.4 is 20.2 Å². The first-order valence-electron chi connectivity index (χ1n) is 11.8. The van der Waals surface area contributed by atoms with Gasteiger partial charge in [0.25, 0.3) is 5.91 Å². The lowest BCUT2D eigenvalue weighted by Gasteiger charge is -2.29. The Morgan fingerprint density at radius 2 is 1.80 bits per heavy atom. The molecule has 1 amide bonds. The van der Waals surface area contributed by atoms with Crippen molar-refractivity contribution in [2.75, 3.05) is 26.2 Å². The molecule has 35 heavy (non-hydrogen) atoms. The number of hydrogen-bond acceptors (Lipinski definition) is 6. The molecule has 0 bridgehead atoms. The molecule has 0 aliphatic heterocycles. The number of nitrogens with zero attached hydrogens (tertiary/aromatic N) is 1. The molecule has 0 atom stereocenters. The van der Waals surface area contributed by atoms with Crippen molar-refractivity contribution in [3.63, 3.8) is 0 Å². The maximum atomic E-state index is 13.0. The minimum Gasteiger partial charge on any atom is -0.493 e. The molecular weight excluding hydrogens is 442 g/mol. The predicted octanol–water partition coefficient (Wildman–Crippen LogP) is 5.37. The van der Waals surface area contributed by atoms with Gasteiger partial charge in [-0.25, -0.2) is 0 Å². The van der Waals surface area contributed by atoms with E-state index in [1.54, 1.807) is 14.2 Å². The number of amides is 1. The second-order valence-electron chi connectivity index (χ2n) is 9.60. The molecule has 0 saturated heterocycles. The average molecular weight is 476 g/mol. The summed E-state index contributed by atoms with van der Waals surface area (Å²) in [5.41, 5.74) is 7.77. The number of anilines is 1. The number of carbonyl (C=O) groups is 1. The molecule has 0 unspecified atom stereocenters. The van der Waals surface area contributed by atoms with Gasteiger partial charge in [-0.1, -0.05) is 38.1 Å². The number of rotatable bonds is 8. The molecule has 0 fully saturated rings. The average Bonchev–Trinajstić information content (AvgIpc) is 3.17. The molecule has 0 saturated carbocycles. The van der Waals surface area contributed by atoms with Gasteiger partial charge in [0.15, 0.2) is 17.3 Å². The topological polar surface area (TPSA) is 85.1 Å². The summed E-state index contributed by atoms with van der Waals surface area (Å²) in [6.07, 6.45) is 2.21. The number of fused-ring (bicyclic) bond motifs is 1. The number of ether oxygens (including phenoxy) is 2. The summed E-state index contributed by atoms with van der Waals surface area (Å²) < 4.78 is 16.8. The summed E-state index contributed by atoms with van der Waals surface area (Å²) >= 11 is 0. The molecule has 1 heterocycles. The van der Waals surface area contributed by atoms with Gasteiger partial charge in [0.1, 0.15) is 5.76 Å². The lowest BCUT2D eigenvalue weighted by Crippen LogP contribution is -2.27. The Bertz CT molecular complexity index is 1230. The van der Waals surface area contributed by atoms with Gasteiger partial charge in [-0.3, -0.25) is 10.2 Å². The van der Waals surface area contributed by atoms with E-state index in [2.05, 4.69) is 24.6 Å². The van der Waals surface area contributed by atoms with E-state index in [0.717, 1.165) is 46.7 Å². The monoisotopic (exact) mass is 475 g/mol. The minimum atomic E-state index is -0.217. The van der Waals surface area contributed by atoms with Crippen LogP contribution in [0.1, 0.15) is 53.3 Å². The van der Waals surface area contributed by atoms with Crippen LogP contribution in [0.4, 0.5) is 5.69 Å². The Kier molecular flexibility index (Phi) is 7.15. The number of methoxy groups -OCH3 is 2. The number of furan rings is 1. The number of nitrogens with one attached hydrogen (secondary N) is 2. The molecule has 1 aliphatic carbocycles. The number of para-hydroxylation sites is 1. The fraction of sp³-hybridized carbons (Fsp3) is 0.357. The van der Waals surface area contributed by atoms with Crippen molar-refractivity contribution < 1.29 is 18.7 Å². The lowest BCUT2D eigenvalue weighted by atomic mass is 9.75. The standard InChI is InChI=1S/C28H33N3O4/c1-18-25-21(31-30-20-9-7-6-8-10-20)16-28(2,3)17-24(25)35-26(18)27(32)29-14-13-19-11-12-22(33-4)23(15-19)34-5/h6-12,15,30H,13-14,16-17H2,1-5H3,(H,29,32)/b31-21-. The number of hydrazone groups is 1. The number of carbonyl (C=O) groups excluding carboxylic acids is 1. The highest BCUT2D eigenvalue weighted by molar-refractivity contribution is 6.07. The Hall–Kier alpha value is -3.74. The van der Waals surface area contributed by atoms with Gasteiger partial charge in [-0.05, 0) is 55.0 Å². The summed E-state index contributed by atoms with van der Waals surface area (Å²) in [5, 5.41) is 7.71. The van der Waals surface area contributed by atoms with E-state index in [1.807, 2.05) is 55.5 Å². The fourth-order valence-electron chi connectivity index (χ4n) is 4.51. The Labute approximate surface area is 206 Å². The van der Waals surface area contributed by atoms with Crippen molar-refractivity contribution in [1.82, 2.24) is 5.32 Å². The molecule has 2 N–H and O–H groups in total. The van der Waals surface area contributed by atoms with E-state index >= 15 is 0 Å². The van der Waals surface area contributed by atoms with Crippen LogP contribution in [0.25, 0.3) is 0 Å². The summed E-state index contributed by atoms with van der Waals surface area (Å²) in [6, 6.07) is 15.6. The van der Waals surface area contributed by atoms with E-state index in [9.17, 15) is 4.79 Å². The van der Waals surface area contributed by atoms with Crippen LogP contribution in [0, 0.1) is 12.3 Å². The maximum Gasteiger partial charge on any atom is 0.287 e. The third-order valence-electron chi connectivity index (χ3n) is 6.24. The molecule has 0 spiro atoms. The SMILES string of the molecule is COc1ccc(CCNC(=O)c2oc3c(c2C)/C(=N\Nc2ccccc2)CC(C)(C)C3)cc1OC. The zero-order valence-electron chi connectivity index (χ0n) is 21.0. The highest BCUT2D eigenvalue weighted by Crippen LogP contribution is 2.39. The van der Waals surface area contributed by atoms with Gasteiger partial charge >= 0.3 is 0 Å². The summed E-state index contributed by atoms with van der Waals surface area (Å²) in [6.45, 7) is 6.78. The van der Waals surface area contributed by atoms with Gasteiger partial charge < -0.3 is 19.2 Å². The molecule has 184 valence electrons. The molecule has 0 radical (unpaired) electrons. The molecule has 4 rings (SSSR count). The third-order valence-corrected chi connectivity index (χ3v) is 6.24. The fourth-order valence-corrected chi connectivity index (χ4v) is 4.51. The zero-order valence-corrected chi connectivity index (χ0v) is 21.0. The van der Waals surface area contributed by atoms with Crippen molar-refractivity contribution in [2.24, 2.45) is 10.5 Å². The second-order valence-corrected chi connectivity index (χ2v) is 9.60. The Morgan fingerprint density at radius 1 is 1.06 bits per heavy atom. The van der Waals surface area contributed by atoms with Gasteiger partial charge in [-0.15, -0.1) is 0 Å². The first-order chi connectivity index (χ1) is 16.8. The quantitative estimate of drug-likeness (QED) is 0.428. The summed E-state index contributed by atoms with van der Waals surface area (Å²) in [5.74, 6) is 2.30. The highest BCUT2D eigenvalue weighted by atomic mass is 16.5. The van der Waals surface area contributed by atoms with E-state index in [-0.39, 0.29) is 11.3 Å². The van der Waals surface area contributed by atoms with Gasteiger partial charge in [0.2, 0.25) is 0 Å². The van der Waals surface area contributed by atoms with E-state index in [4.69, 9.17) is 19.0 Å². The van der Waals surface area contributed by atoms with Gasteiger partial charge in [0.05, 0.1) is 25.6 Å². The van der Waals surface area contributed by atoms with Crippen LogP contribution in [-0.4, -0.2) is 32.4 Å². The molecule has 7 nitrogen and oxygen atoms in total. The zero-order chi connectivity index (χ0) is 25.0. The van der Waals surface area contributed by atoms with Crippen molar-refractivity contribution >= 4 is 17.3 Å². The molecular formula is C28H33N3O4. The van der Waals surface area contributed by atoms with Gasteiger partial charge in [-0.2, -0.15) is 5.10 Å². The normalized spacial score (nSPS) is 15.4. The van der Waals surface area contributed by atoms with Crippen LogP contribution in [0.3, 0.4) is 0 Å².